The largest absolute Gasteiger partial charge is 0.369 e. The molecule has 3 aromatic carbocycles. The number of benzene rings is 3. The first-order valence-electron chi connectivity index (χ1n) is 13.0. The van der Waals surface area contributed by atoms with Crippen molar-refractivity contribution in [2.75, 3.05) is 49.5 Å². The number of carbonyl (C=O) groups is 1. The Morgan fingerprint density at radius 2 is 1.38 bits per heavy atom. The Labute approximate surface area is 219 Å². The highest BCUT2D eigenvalue weighted by Gasteiger charge is 2.25. The van der Waals surface area contributed by atoms with E-state index >= 15 is 0 Å². The number of anilines is 2. The molecule has 2 aliphatic heterocycles. The van der Waals surface area contributed by atoms with Crippen LogP contribution in [0.15, 0.2) is 83.8 Å². The second-order valence-electron chi connectivity index (χ2n) is 9.74. The molecule has 0 saturated carbocycles. The fourth-order valence-corrected chi connectivity index (χ4v) is 6.51. The molecule has 5 rings (SSSR count). The van der Waals surface area contributed by atoms with Gasteiger partial charge in [0.15, 0.2) is 0 Å². The van der Waals surface area contributed by atoms with E-state index in [1.807, 2.05) is 30.3 Å². The lowest BCUT2D eigenvalue weighted by molar-refractivity contribution is 0.102. The van der Waals surface area contributed by atoms with Gasteiger partial charge in [0.05, 0.1) is 4.90 Å². The predicted molar refractivity (Wildman–Crippen MR) is 147 cm³/mol. The molecular formula is C29H34N4O3S. The number of piperidine rings is 1. The summed E-state index contributed by atoms with van der Waals surface area (Å²) in [4.78, 5) is 17.9. The van der Waals surface area contributed by atoms with Crippen LogP contribution >= 0.6 is 0 Å². The molecule has 1 N–H and O–H groups in total. The predicted octanol–water partition coefficient (Wildman–Crippen LogP) is 4.44. The van der Waals surface area contributed by atoms with Gasteiger partial charge in [-0.2, -0.15) is 4.31 Å². The molecule has 0 aliphatic carbocycles. The van der Waals surface area contributed by atoms with Crippen LogP contribution in [-0.4, -0.2) is 62.8 Å². The third-order valence-electron chi connectivity index (χ3n) is 7.18. The Morgan fingerprint density at radius 1 is 0.730 bits per heavy atom. The maximum absolute atomic E-state index is 12.8. The van der Waals surface area contributed by atoms with Crippen molar-refractivity contribution in [2.24, 2.45) is 0 Å². The monoisotopic (exact) mass is 518 g/mol. The molecule has 2 saturated heterocycles. The lowest BCUT2D eigenvalue weighted by atomic mass is 10.1. The molecule has 0 spiro atoms. The van der Waals surface area contributed by atoms with Gasteiger partial charge in [0.2, 0.25) is 10.0 Å². The summed E-state index contributed by atoms with van der Waals surface area (Å²) in [6.45, 7) is 6.01. The summed E-state index contributed by atoms with van der Waals surface area (Å²) in [6, 6.07) is 24.7. The zero-order valence-electron chi connectivity index (χ0n) is 21.1. The molecular weight excluding hydrogens is 484 g/mol. The van der Waals surface area contributed by atoms with Gasteiger partial charge in [-0.25, -0.2) is 8.42 Å². The first-order valence-corrected chi connectivity index (χ1v) is 14.5. The quantitative estimate of drug-likeness (QED) is 0.501. The second-order valence-corrected chi connectivity index (χ2v) is 11.7. The van der Waals surface area contributed by atoms with Gasteiger partial charge < -0.3 is 10.2 Å². The third-order valence-corrected chi connectivity index (χ3v) is 9.09. The number of rotatable bonds is 7. The van der Waals surface area contributed by atoms with Crippen molar-refractivity contribution in [2.45, 2.75) is 30.7 Å². The van der Waals surface area contributed by atoms with Crippen molar-refractivity contribution in [3.63, 3.8) is 0 Å². The van der Waals surface area contributed by atoms with Gasteiger partial charge in [-0.1, -0.05) is 36.8 Å². The van der Waals surface area contributed by atoms with Gasteiger partial charge in [-0.05, 0) is 66.9 Å². The number of piperazine rings is 1. The normalized spacial score (nSPS) is 17.5. The number of hydrogen-bond acceptors (Lipinski definition) is 5. The zero-order valence-corrected chi connectivity index (χ0v) is 21.9. The van der Waals surface area contributed by atoms with Crippen LogP contribution in [0.1, 0.15) is 35.2 Å². The van der Waals surface area contributed by atoms with E-state index in [4.69, 9.17) is 0 Å². The Bertz CT molecular complexity index is 1280. The highest BCUT2D eigenvalue weighted by Crippen LogP contribution is 2.22. The van der Waals surface area contributed by atoms with E-state index in [-0.39, 0.29) is 10.8 Å². The Morgan fingerprint density at radius 3 is 2.03 bits per heavy atom. The van der Waals surface area contributed by atoms with E-state index < -0.39 is 10.0 Å². The molecule has 3 aromatic rings. The molecule has 7 nitrogen and oxygen atoms in total. The summed E-state index contributed by atoms with van der Waals surface area (Å²) in [5.74, 6) is -0.213. The minimum absolute atomic E-state index is 0.213. The molecule has 1 amide bonds. The molecule has 0 radical (unpaired) electrons. The number of sulfonamides is 1. The van der Waals surface area contributed by atoms with Gasteiger partial charge in [0.1, 0.15) is 0 Å². The van der Waals surface area contributed by atoms with E-state index in [0.717, 1.165) is 52.0 Å². The molecule has 2 aliphatic rings. The highest BCUT2D eigenvalue weighted by atomic mass is 32.2. The molecule has 0 unspecified atom stereocenters. The van der Waals surface area contributed by atoms with Gasteiger partial charge in [-0.3, -0.25) is 9.69 Å². The number of hydrogen-bond donors (Lipinski definition) is 1. The minimum atomic E-state index is -3.48. The summed E-state index contributed by atoms with van der Waals surface area (Å²) in [5, 5.41) is 2.87. The Balaban J connectivity index is 1.13. The molecule has 2 heterocycles. The molecule has 0 aromatic heterocycles. The van der Waals surface area contributed by atoms with E-state index in [2.05, 4.69) is 39.4 Å². The molecule has 2 fully saturated rings. The first-order chi connectivity index (χ1) is 18.0. The number of para-hydroxylation sites is 1. The fraction of sp³-hybridized carbons (Fsp3) is 0.345. The summed E-state index contributed by atoms with van der Waals surface area (Å²) in [5.41, 5.74) is 3.60. The van der Waals surface area contributed by atoms with Crippen LogP contribution < -0.4 is 10.2 Å². The summed E-state index contributed by atoms with van der Waals surface area (Å²) >= 11 is 0. The lowest BCUT2D eigenvalue weighted by Crippen LogP contribution is -2.45. The Kier molecular flexibility index (Phi) is 7.88. The highest BCUT2D eigenvalue weighted by molar-refractivity contribution is 7.89. The maximum atomic E-state index is 12.8. The molecule has 0 bridgehead atoms. The van der Waals surface area contributed by atoms with Crippen LogP contribution in [0.25, 0.3) is 0 Å². The Hall–Kier alpha value is -3.20. The van der Waals surface area contributed by atoms with Crippen molar-refractivity contribution in [3.05, 3.63) is 90.0 Å². The molecule has 8 heteroatoms. The average molecular weight is 519 g/mol. The van der Waals surface area contributed by atoms with E-state index in [1.54, 1.807) is 28.6 Å². The van der Waals surface area contributed by atoms with E-state index in [1.165, 1.54) is 11.3 Å². The van der Waals surface area contributed by atoms with Crippen LogP contribution in [0, 0.1) is 0 Å². The lowest BCUT2D eigenvalue weighted by Gasteiger charge is -2.36. The fourth-order valence-electron chi connectivity index (χ4n) is 4.99. The van der Waals surface area contributed by atoms with Gasteiger partial charge in [0.25, 0.3) is 5.91 Å². The standard InChI is InChI=1S/C29H34N4O3S/c34-29(30-26-13-15-28(16-14-26)37(35,36)33-17-5-2-6-18-33)25-11-9-24(10-12-25)23-31-19-21-32(22-20-31)27-7-3-1-4-8-27/h1,3-4,7-16H,2,5-6,17-23H2,(H,30,34). The summed E-state index contributed by atoms with van der Waals surface area (Å²) in [6.07, 6.45) is 2.87. The number of nitrogens with zero attached hydrogens (tertiary/aromatic N) is 3. The van der Waals surface area contributed by atoms with Crippen LogP contribution in [0.3, 0.4) is 0 Å². The van der Waals surface area contributed by atoms with Crippen molar-refractivity contribution >= 4 is 27.3 Å². The number of carbonyl (C=O) groups excluding carboxylic acids is 1. The van der Waals surface area contributed by atoms with Gasteiger partial charge in [0, 0.05) is 62.8 Å². The van der Waals surface area contributed by atoms with Gasteiger partial charge >= 0.3 is 0 Å². The smallest absolute Gasteiger partial charge is 0.255 e. The number of amides is 1. The third kappa shape index (κ3) is 6.21. The number of nitrogens with one attached hydrogen (secondary N) is 1. The first kappa shape index (κ1) is 25.4. The maximum Gasteiger partial charge on any atom is 0.255 e. The average Bonchev–Trinajstić information content (AvgIpc) is 2.95. The summed E-state index contributed by atoms with van der Waals surface area (Å²) < 4.78 is 27.2. The van der Waals surface area contributed by atoms with Crippen molar-refractivity contribution in [3.8, 4) is 0 Å². The zero-order chi connectivity index (χ0) is 25.7. The SMILES string of the molecule is O=C(Nc1ccc(S(=O)(=O)N2CCCCC2)cc1)c1ccc(CN2CCN(c3ccccc3)CC2)cc1. The van der Waals surface area contributed by atoms with Crippen LogP contribution in [0.5, 0.6) is 0 Å². The van der Waals surface area contributed by atoms with Crippen LogP contribution in [0.2, 0.25) is 0 Å². The minimum Gasteiger partial charge on any atom is -0.369 e. The van der Waals surface area contributed by atoms with Crippen molar-refractivity contribution in [1.29, 1.82) is 0 Å². The van der Waals surface area contributed by atoms with E-state index in [9.17, 15) is 13.2 Å². The van der Waals surface area contributed by atoms with Crippen molar-refractivity contribution in [1.82, 2.24) is 9.21 Å². The van der Waals surface area contributed by atoms with E-state index in [0.29, 0.717) is 24.3 Å². The molecule has 37 heavy (non-hydrogen) atoms. The molecule has 194 valence electrons. The van der Waals surface area contributed by atoms with Crippen molar-refractivity contribution < 1.29 is 13.2 Å². The van der Waals surface area contributed by atoms with Crippen LogP contribution in [0.4, 0.5) is 11.4 Å². The summed E-state index contributed by atoms with van der Waals surface area (Å²) in [7, 11) is -3.48. The topological polar surface area (TPSA) is 73.0 Å². The second kappa shape index (κ2) is 11.5. The molecule has 0 atom stereocenters. The van der Waals surface area contributed by atoms with Crippen LogP contribution in [-0.2, 0) is 16.6 Å². The van der Waals surface area contributed by atoms with Gasteiger partial charge in [-0.15, -0.1) is 0 Å².